The molecule has 0 fully saturated rings. The topological polar surface area (TPSA) is 102 Å². The van der Waals surface area contributed by atoms with Crippen molar-refractivity contribution in [2.75, 3.05) is 13.2 Å². The Labute approximate surface area is 110 Å². The standard InChI is InChI=1S/C12H17NO6/c1-3-7-18-11(16)9(5-6-10(14)15)13-12(17)19-8-4-2/h3-4,9H,1-2,5-8H2,(H,13,17)(H,14,15). The molecule has 7 heteroatoms. The van der Waals surface area contributed by atoms with E-state index in [1.165, 1.54) is 12.2 Å². The highest BCUT2D eigenvalue weighted by Gasteiger charge is 2.23. The van der Waals surface area contributed by atoms with Gasteiger partial charge in [-0.05, 0) is 6.42 Å². The molecule has 1 unspecified atom stereocenters. The second kappa shape index (κ2) is 9.69. The molecule has 1 atom stereocenters. The van der Waals surface area contributed by atoms with E-state index in [0.29, 0.717) is 0 Å². The van der Waals surface area contributed by atoms with Crippen LogP contribution in [-0.4, -0.2) is 42.4 Å². The van der Waals surface area contributed by atoms with Gasteiger partial charge in [-0.15, -0.1) is 0 Å². The number of alkyl carbamates (subject to hydrolysis) is 1. The zero-order valence-corrected chi connectivity index (χ0v) is 10.5. The number of carbonyl (C=O) groups excluding carboxylic acids is 2. The predicted molar refractivity (Wildman–Crippen MR) is 66.5 cm³/mol. The Morgan fingerprint density at radius 3 is 2.26 bits per heavy atom. The molecular weight excluding hydrogens is 254 g/mol. The SMILES string of the molecule is C=CCOC(=O)NC(CCC(=O)O)C(=O)OCC=C. The van der Waals surface area contributed by atoms with Gasteiger partial charge in [0.25, 0.3) is 0 Å². The first kappa shape index (κ1) is 16.7. The molecular formula is C12H17NO6. The Balaban J connectivity index is 4.42. The van der Waals surface area contributed by atoms with Gasteiger partial charge in [-0.25, -0.2) is 9.59 Å². The summed E-state index contributed by atoms with van der Waals surface area (Å²) in [7, 11) is 0. The van der Waals surface area contributed by atoms with Gasteiger partial charge in [-0.3, -0.25) is 4.79 Å². The van der Waals surface area contributed by atoms with Crippen molar-refractivity contribution in [1.29, 1.82) is 0 Å². The number of ether oxygens (including phenoxy) is 2. The average Bonchev–Trinajstić information content (AvgIpc) is 2.38. The highest BCUT2D eigenvalue weighted by atomic mass is 16.6. The molecule has 7 nitrogen and oxygen atoms in total. The number of hydrogen-bond acceptors (Lipinski definition) is 5. The van der Waals surface area contributed by atoms with Crippen LogP contribution in [0.3, 0.4) is 0 Å². The molecule has 0 aliphatic heterocycles. The number of amides is 1. The lowest BCUT2D eigenvalue weighted by atomic mass is 10.1. The van der Waals surface area contributed by atoms with Crippen LogP contribution in [0.1, 0.15) is 12.8 Å². The number of carbonyl (C=O) groups is 3. The van der Waals surface area contributed by atoms with Gasteiger partial charge in [-0.2, -0.15) is 0 Å². The number of esters is 1. The first-order chi connectivity index (χ1) is 9.01. The minimum atomic E-state index is -1.08. The number of carboxylic acids is 1. The quantitative estimate of drug-likeness (QED) is 0.476. The van der Waals surface area contributed by atoms with E-state index in [0.717, 1.165) is 0 Å². The Kier molecular flexibility index (Phi) is 8.51. The van der Waals surface area contributed by atoms with Crippen LogP contribution in [0.2, 0.25) is 0 Å². The molecule has 0 aromatic carbocycles. The molecule has 0 saturated carbocycles. The van der Waals surface area contributed by atoms with E-state index in [1.54, 1.807) is 0 Å². The average molecular weight is 271 g/mol. The fourth-order valence-electron chi connectivity index (χ4n) is 1.08. The normalized spacial score (nSPS) is 10.9. The highest BCUT2D eigenvalue weighted by Crippen LogP contribution is 2.01. The highest BCUT2D eigenvalue weighted by molar-refractivity contribution is 5.82. The van der Waals surface area contributed by atoms with Crippen molar-refractivity contribution in [3.8, 4) is 0 Å². The predicted octanol–water partition coefficient (Wildman–Crippen LogP) is 0.861. The lowest BCUT2D eigenvalue weighted by molar-refractivity contribution is -0.145. The zero-order valence-electron chi connectivity index (χ0n) is 10.5. The molecule has 106 valence electrons. The van der Waals surface area contributed by atoms with Crippen molar-refractivity contribution < 1.29 is 29.0 Å². The minimum absolute atomic E-state index is 0.0147. The van der Waals surface area contributed by atoms with E-state index in [2.05, 4.69) is 23.2 Å². The molecule has 19 heavy (non-hydrogen) atoms. The van der Waals surface area contributed by atoms with Gasteiger partial charge >= 0.3 is 18.0 Å². The van der Waals surface area contributed by atoms with Gasteiger partial charge in [0.15, 0.2) is 0 Å². The van der Waals surface area contributed by atoms with Crippen molar-refractivity contribution in [3.05, 3.63) is 25.3 Å². The second-order valence-corrected chi connectivity index (χ2v) is 3.44. The van der Waals surface area contributed by atoms with Crippen molar-refractivity contribution >= 4 is 18.0 Å². The monoisotopic (exact) mass is 271 g/mol. The third-order valence-electron chi connectivity index (χ3n) is 1.90. The van der Waals surface area contributed by atoms with Gasteiger partial charge in [0.05, 0.1) is 0 Å². The fourth-order valence-corrected chi connectivity index (χ4v) is 1.08. The second-order valence-electron chi connectivity index (χ2n) is 3.44. The maximum Gasteiger partial charge on any atom is 0.408 e. The first-order valence-corrected chi connectivity index (χ1v) is 5.54. The largest absolute Gasteiger partial charge is 0.481 e. The molecule has 0 aromatic rings. The van der Waals surface area contributed by atoms with Gasteiger partial charge in [0, 0.05) is 6.42 Å². The van der Waals surface area contributed by atoms with Gasteiger partial charge in [0.2, 0.25) is 0 Å². The van der Waals surface area contributed by atoms with Crippen LogP contribution in [0.5, 0.6) is 0 Å². The van der Waals surface area contributed by atoms with E-state index in [-0.39, 0.29) is 26.1 Å². The molecule has 0 radical (unpaired) electrons. The van der Waals surface area contributed by atoms with Gasteiger partial charge in [-0.1, -0.05) is 25.3 Å². The molecule has 2 N–H and O–H groups in total. The number of nitrogens with one attached hydrogen (secondary N) is 1. The first-order valence-electron chi connectivity index (χ1n) is 5.54. The van der Waals surface area contributed by atoms with Crippen LogP contribution in [-0.2, 0) is 19.1 Å². The molecule has 0 aliphatic rings. The summed E-state index contributed by atoms with van der Waals surface area (Å²) < 4.78 is 9.39. The minimum Gasteiger partial charge on any atom is -0.481 e. The van der Waals surface area contributed by atoms with Crippen LogP contribution in [0.25, 0.3) is 0 Å². The number of hydrogen-bond donors (Lipinski definition) is 2. The summed E-state index contributed by atoms with van der Waals surface area (Å²) in [5, 5.41) is 10.8. The van der Waals surface area contributed by atoms with Crippen molar-refractivity contribution in [3.63, 3.8) is 0 Å². The number of aliphatic carboxylic acids is 1. The maximum atomic E-state index is 11.6. The summed E-state index contributed by atoms with van der Waals surface area (Å²) in [5.41, 5.74) is 0. The molecule has 0 spiro atoms. The van der Waals surface area contributed by atoms with E-state index in [4.69, 9.17) is 9.84 Å². The summed E-state index contributed by atoms with van der Waals surface area (Å²) in [6, 6.07) is -1.08. The summed E-state index contributed by atoms with van der Waals surface area (Å²) in [6.07, 6.45) is 1.51. The summed E-state index contributed by atoms with van der Waals surface area (Å²) in [4.78, 5) is 33.3. The van der Waals surface area contributed by atoms with Crippen LogP contribution in [0.4, 0.5) is 4.79 Å². The van der Waals surface area contributed by atoms with E-state index in [9.17, 15) is 14.4 Å². The summed E-state index contributed by atoms with van der Waals surface area (Å²) in [5.74, 6) is -1.82. The molecule has 0 rings (SSSR count). The lowest BCUT2D eigenvalue weighted by Gasteiger charge is -2.16. The Morgan fingerprint density at radius 2 is 1.74 bits per heavy atom. The maximum absolute atomic E-state index is 11.6. The molecule has 0 heterocycles. The number of rotatable bonds is 9. The Bertz CT molecular complexity index is 352. The van der Waals surface area contributed by atoms with E-state index >= 15 is 0 Å². The lowest BCUT2D eigenvalue weighted by Crippen LogP contribution is -2.42. The fraction of sp³-hybridized carbons (Fsp3) is 0.417. The van der Waals surface area contributed by atoms with Gasteiger partial charge < -0.3 is 19.9 Å². The third-order valence-corrected chi connectivity index (χ3v) is 1.90. The summed E-state index contributed by atoms with van der Waals surface area (Å²) in [6.45, 7) is 6.70. The van der Waals surface area contributed by atoms with Crippen molar-refractivity contribution in [2.45, 2.75) is 18.9 Å². The van der Waals surface area contributed by atoms with Crippen LogP contribution in [0, 0.1) is 0 Å². The molecule has 0 bridgehead atoms. The van der Waals surface area contributed by atoms with E-state index < -0.39 is 24.1 Å². The molecule has 1 amide bonds. The molecule has 0 aromatic heterocycles. The summed E-state index contributed by atoms with van der Waals surface area (Å²) >= 11 is 0. The molecule has 0 aliphatic carbocycles. The van der Waals surface area contributed by atoms with Crippen LogP contribution >= 0.6 is 0 Å². The van der Waals surface area contributed by atoms with Gasteiger partial charge in [0.1, 0.15) is 19.3 Å². The molecule has 0 saturated heterocycles. The third kappa shape index (κ3) is 8.42. The Morgan fingerprint density at radius 1 is 1.16 bits per heavy atom. The van der Waals surface area contributed by atoms with E-state index in [1.807, 2.05) is 0 Å². The Hall–Kier alpha value is -2.31. The van der Waals surface area contributed by atoms with Crippen LogP contribution in [0.15, 0.2) is 25.3 Å². The van der Waals surface area contributed by atoms with Crippen LogP contribution < -0.4 is 5.32 Å². The van der Waals surface area contributed by atoms with Crippen molar-refractivity contribution in [2.24, 2.45) is 0 Å². The number of carboxylic acid groups (broad SMARTS) is 1. The van der Waals surface area contributed by atoms with Crippen molar-refractivity contribution in [1.82, 2.24) is 5.32 Å². The zero-order chi connectivity index (χ0) is 14.7. The smallest absolute Gasteiger partial charge is 0.408 e.